The zero-order valence-corrected chi connectivity index (χ0v) is 14.9. The molecular weight excluding hydrogens is 340 g/mol. The van der Waals surface area contributed by atoms with Gasteiger partial charge < -0.3 is 15.0 Å². The minimum absolute atomic E-state index is 0.0998. The number of ether oxygens (including phenoxy) is 1. The van der Waals surface area contributed by atoms with Gasteiger partial charge in [-0.15, -0.1) is 0 Å². The summed E-state index contributed by atoms with van der Waals surface area (Å²) in [5, 5.41) is 3.52. The second-order valence-corrected chi connectivity index (χ2v) is 6.43. The van der Waals surface area contributed by atoms with E-state index in [1.54, 1.807) is 41.6 Å². The minimum Gasteiger partial charge on any atom is -0.458 e. The Morgan fingerprint density at radius 1 is 1.32 bits per heavy atom. The van der Waals surface area contributed by atoms with Gasteiger partial charge in [0.05, 0.1) is 6.54 Å². The summed E-state index contributed by atoms with van der Waals surface area (Å²) < 4.78 is 5.84. The van der Waals surface area contributed by atoms with Crippen molar-refractivity contribution in [3.8, 4) is 6.01 Å². The zero-order valence-electron chi connectivity index (χ0n) is 14.1. The molecule has 132 valence electrons. The Morgan fingerprint density at radius 3 is 2.72 bits per heavy atom. The molecule has 2 aromatic rings. The van der Waals surface area contributed by atoms with Crippen molar-refractivity contribution in [1.82, 2.24) is 14.9 Å². The molecule has 1 aromatic carbocycles. The number of piperidine rings is 1. The molecule has 0 aliphatic carbocycles. The van der Waals surface area contributed by atoms with Gasteiger partial charge in [-0.2, -0.15) is 0 Å². The third-order valence-corrected chi connectivity index (χ3v) is 4.37. The third kappa shape index (κ3) is 4.82. The standard InChI is InChI=1S/C18H21ClN4O2/c1-2-13-10-20-17(21-11-13)25-16-4-3-9-23(12-16)18(24)22-15-7-5-14(19)6-8-15/h5-8,10-11,16H,2-4,9,12H2,1H3,(H,22,24). The molecule has 2 heterocycles. The van der Waals surface area contributed by atoms with Crippen molar-refractivity contribution in [3.63, 3.8) is 0 Å². The molecule has 3 rings (SSSR count). The number of aryl methyl sites for hydroxylation is 1. The second kappa shape index (κ2) is 8.16. The lowest BCUT2D eigenvalue weighted by Gasteiger charge is -2.32. The van der Waals surface area contributed by atoms with E-state index in [9.17, 15) is 4.79 Å². The Bertz CT molecular complexity index is 706. The van der Waals surface area contributed by atoms with E-state index >= 15 is 0 Å². The van der Waals surface area contributed by atoms with Gasteiger partial charge in [0.1, 0.15) is 6.10 Å². The van der Waals surface area contributed by atoms with Gasteiger partial charge in [0.25, 0.3) is 0 Å². The van der Waals surface area contributed by atoms with Crippen LogP contribution in [-0.2, 0) is 6.42 Å². The Kier molecular flexibility index (Phi) is 5.71. The van der Waals surface area contributed by atoms with Gasteiger partial charge in [0.2, 0.25) is 0 Å². The van der Waals surface area contributed by atoms with Crippen molar-refractivity contribution in [1.29, 1.82) is 0 Å². The number of halogens is 1. The highest BCUT2D eigenvalue weighted by Crippen LogP contribution is 2.18. The highest BCUT2D eigenvalue weighted by molar-refractivity contribution is 6.30. The number of hydrogen-bond donors (Lipinski definition) is 1. The van der Waals surface area contributed by atoms with Gasteiger partial charge in [-0.3, -0.25) is 0 Å². The number of amides is 2. The molecule has 1 unspecified atom stereocenters. The number of urea groups is 1. The molecule has 7 heteroatoms. The summed E-state index contributed by atoms with van der Waals surface area (Å²) >= 11 is 5.86. The van der Waals surface area contributed by atoms with Crippen LogP contribution in [0.5, 0.6) is 6.01 Å². The first-order valence-electron chi connectivity index (χ1n) is 8.43. The molecule has 1 aromatic heterocycles. The summed E-state index contributed by atoms with van der Waals surface area (Å²) in [7, 11) is 0. The van der Waals surface area contributed by atoms with Crippen molar-refractivity contribution in [2.45, 2.75) is 32.3 Å². The number of nitrogens with one attached hydrogen (secondary N) is 1. The smallest absolute Gasteiger partial charge is 0.321 e. The molecule has 1 fully saturated rings. The average Bonchev–Trinajstić information content (AvgIpc) is 2.64. The maximum atomic E-state index is 12.4. The lowest BCUT2D eigenvalue weighted by atomic mass is 10.1. The van der Waals surface area contributed by atoms with Crippen molar-refractivity contribution in [2.75, 3.05) is 18.4 Å². The highest BCUT2D eigenvalue weighted by atomic mass is 35.5. The van der Waals surface area contributed by atoms with Gasteiger partial charge in [-0.25, -0.2) is 14.8 Å². The Hall–Kier alpha value is -2.34. The van der Waals surface area contributed by atoms with Gasteiger partial charge in [0.15, 0.2) is 0 Å². The summed E-state index contributed by atoms with van der Waals surface area (Å²) in [6.07, 6.45) is 6.10. The van der Waals surface area contributed by atoms with E-state index in [1.807, 2.05) is 0 Å². The molecule has 0 spiro atoms. The van der Waals surface area contributed by atoms with Crippen LogP contribution in [0.4, 0.5) is 10.5 Å². The number of carbonyl (C=O) groups is 1. The van der Waals surface area contributed by atoms with Crippen LogP contribution in [-0.4, -0.2) is 40.1 Å². The van der Waals surface area contributed by atoms with Crippen molar-refractivity contribution in [2.24, 2.45) is 0 Å². The Labute approximate surface area is 152 Å². The molecule has 1 atom stereocenters. The zero-order chi connectivity index (χ0) is 17.6. The Morgan fingerprint density at radius 2 is 2.04 bits per heavy atom. The van der Waals surface area contributed by atoms with E-state index in [-0.39, 0.29) is 12.1 Å². The van der Waals surface area contributed by atoms with E-state index < -0.39 is 0 Å². The highest BCUT2D eigenvalue weighted by Gasteiger charge is 2.25. The number of hydrogen-bond acceptors (Lipinski definition) is 4. The quantitative estimate of drug-likeness (QED) is 0.901. The monoisotopic (exact) mass is 360 g/mol. The average molecular weight is 361 g/mol. The maximum absolute atomic E-state index is 12.4. The number of carbonyl (C=O) groups excluding carboxylic acids is 1. The number of benzene rings is 1. The van der Waals surface area contributed by atoms with Gasteiger partial charge >= 0.3 is 12.0 Å². The molecule has 25 heavy (non-hydrogen) atoms. The van der Waals surface area contributed by atoms with Gasteiger partial charge in [0, 0.05) is 29.6 Å². The van der Waals surface area contributed by atoms with Crippen molar-refractivity contribution < 1.29 is 9.53 Å². The summed E-state index contributed by atoms with van der Waals surface area (Å²) in [5.41, 5.74) is 1.79. The first-order chi connectivity index (χ1) is 12.1. The molecule has 6 nitrogen and oxygen atoms in total. The second-order valence-electron chi connectivity index (χ2n) is 5.99. The number of anilines is 1. The van der Waals surface area contributed by atoms with Crippen LogP contribution >= 0.6 is 11.6 Å². The summed E-state index contributed by atoms with van der Waals surface area (Å²) in [6, 6.07) is 7.27. The summed E-state index contributed by atoms with van der Waals surface area (Å²) in [5.74, 6) is 0. The lowest BCUT2D eigenvalue weighted by molar-refractivity contribution is 0.0982. The lowest BCUT2D eigenvalue weighted by Crippen LogP contribution is -2.46. The SMILES string of the molecule is CCc1cnc(OC2CCCN(C(=O)Nc3ccc(Cl)cc3)C2)nc1. The first-order valence-corrected chi connectivity index (χ1v) is 8.81. The molecule has 1 aliphatic rings. The van der Waals surface area contributed by atoms with Crippen molar-refractivity contribution in [3.05, 3.63) is 47.2 Å². The van der Waals surface area contributed by atoms with Crippen LogP contribution in [0.3, 0.4) is 0 Å². The minimum atomic E-state index is -0.141. The molecular formula is C18H21ClN4O2. The van der Waals surface area contributed by atoms with E-state index in [0.29, 0.717) is 24.1 Å². The van der Waals surface area contributed by atoms with E-state index in [2.05, 4.69) is 22.2 Å². The normalized spacial score (nSPS) is 17.2. The summed E-state index contributed by atoms with van der Waals surface area (Å²) in [6.45, 7) is 3.27. The predicted molar refractivity (Wildman–Crippen MR) is 97.1 cm³/mol. The van der Waals surface area contributed by atoms with Crippen LogP contribution in [0.15, 0.2) is 36.7 Å². The van der Waals surface area contributed by atoms with E-state index in [4.69, 9.17) is 16.3 Å². The van der Waals surface area contributed by atoms with Crippen LogP contribution in [0, 0.1) is 0 Å². The summed E-state index contributed by atoms with van der Waals surface area (Å²) in [4.78, 5) is 22.6. The largest absolute Gasteiger partial charge is 0.458 e. The third-order valence-electron chi connectivity index (χ3n) is 4.12. The van der Waals surface area contributed by atoms with Crippen LogP contribution in [0.2, 0.25) is 5.02 Å². The molecule has 0 bridgehead atoms. The number of likely N-dealkylation sites (tertiary alicyclic amines) is 1. The van der Waals surface area contributed by atoms with Gasteiger partial charge in [-0.05, 0) is 49.1 Å². The molecule has 0 saturated carbocycles. The van der Waals surface area contributed by atoms with Crippen LogP contribution in [0.25, 0.3) is 0 Å². The van der Waals surface area contributed by atoms with Crippen molar-refractivity contribution >= 4 is 23.3 Å². The molecule has 2 amide bonds. The molecule has 1 N–H and O–H groups in total. The van der Waals surface area contributed by atoms with E-state index in [1.165, 1.54) is 0 Å². The fourth-order valence-electron chi connectivity index (χ4n) is 2.69. The topological polar surface area (TPSA) is 67.3 Å². The molecule has 1 saturated heterocycles. The van der Waals surface area contributed by atoms with Gasteiger partial charge in [-0.1, -0.05) is 18.5 Å². The molecule has 1 aliphatic heterocycles. The number of nitrogens with zero attached hydrogens (tertiary/aromatic N) is 3. The fourth-order valence-corrected chi connectivity index (χ4v) is 2.82. The Balaban J connectivity index is 1.56. The number of aromatic nitrogens is 2. The predicted octanol–water partition coefficient (Wildman–Crippen LogP) is 3.77. The van der Waals surface area contributed by atoms with Crippen LogP contribution in [0.1, 0.15) is 25.3 Å². The molecule has 0 radical (unpaired) electrons. The fraction of sp³-hybridized carbons (Fsp3) is 0.389. The number of rotatable bonds is 4. The first kappa shape index (κ1) is 17.5. The maximum Gasteiger partial charge on any atom is 0.321 e. The van der Waals surface area contributed by atoms with E-state index in [0.717, 1.165) is 30.5 Å². The van der Waals surface area contributed by atoms with Crippen LogP contribution < -0.4 is 10.1 Å².